The molecule has 0 atom stereocenters. The molecule has 1 heterocycles. The molecular weight excluding hydrogens is 202 g/mol. The largest absolute Gasteiger partial charge is 0.383 e. The number of ether oxygens (including phenoxy) is 1. The Hall–Kier alpha value is -0.160. The molecule has 0 aromatic rings. The SMILES string of the molecule is CC.CCN1CCN(CNCCOC)CC1. The monoisotopic (exact) mass is 231 g/mol. The van der Waals surface area contributed by atoms with Crippen LogP contribution in [0.5, 0.6) is 0 Å². The van der Waals surface area contributed by atoms with Gasteiger partial charge in [0.25, 0.3) is 0 Å². The average Bonchev–Trinajstić information content (AvgIpc) is 2.38. The van der Waals surface area contributed by atoms with Crippen molar-refractivity contribution in [2.45, 2.75) is 20.8 Å². The number of hydrogen-bond acceptors (Lipinski definition) is 4. The smallest absolute Gasteiger partial charge is 0.0587 e. The fraction of sp³-hybridized carbons (Fsp3) is 1.00. The molecule has 1 N–H and O–H groups in total. The second kappa shape index (κ2) is 11.3. The van der Waals surface area contributed by atoms with Crippen LogP contribution in [0.1, 0.15) is 20.8 Å². The van der Waals surface area contributed by atoms with Crippen LogP contribution in [0.15, 0.2) is 0 Å². The first kappa shape index (κ1) is 15.8. The van der Waals surface area contributed by atoms with E-state index in [1.54, 1.807) is 7.11 Å². The van der Waals surface area contributed by atoms with Gasteiger partial charge in [-0.15, -0.1) is 0 Å². The molecular formula is C12H29N3O. The maximum absolute atomic E-state index is 4.98. The van der Waals surface area contributed by atoms with Gasteiger partial charge in [0.05, 0.1) is 6.61 Å². The van der Waals surface area contributed by atoms with E-state index >= 15 is 0 Å². The minimum Gasteiger partial charge on any atom is -0.383 e. The van der Waals surface area contributed by atoms with Crippen molar-refractivity contribution in [3.05, 3.63) is 0 Å². The van der Waals surface area contributed by atoms with Crippen LogP contribution in [0.4, 0.5) is 0 Å². The summed E-state index contributed by atoms with van der Waals surface area (Å²) in [5.74, 6) is 0. The van der Waals surface area contributed by atoms with Gasteiger partial charge in [-0.1, -0.05) is 20.8 Å². The molecule has 4 heteroatoms. The van der Waals surface area contributed by atoms with E-state index in [1.165, 1.54) is 32.7 Å². The Kier molecular flexibility index (Phi) is 11.2. The maximum atomic E-state index is 4.98. The second-order valence-corrected chi connectivity index (χ2v) is 3.70. The Labute approximate surface area is 101 Å². The van der Waals surface area contributed by atoms with Crippen molar-refractivity contribution >= 4 is 0 Å². The van der Waals surface area contributed by atoms with E-state index in [1.807, 2.05) is 13.8 Å². The third-order valence-corrected chi connectivity index (χ3v) is 2.73. The van der Waals surface area contributed by atoms with E-state index in [0.717, 1.165) is 19.8 Å². The fourth-order valence-corrected chi connectivity index (χ4v) is 1.68. The summed E-state index contributed by atoms with van der Waals surface area (Å²) in [6.07, 6.45) is 0. The predicted molar refractivity (Wildman–Crippen MR) is 69.8 cm³/mol. The van der Waals surface area contributed by atoms with Crippen molar-refractivity contribution in [1.82, 2.24) is 15.1 Å². The molecule has 0 aromatic heterocycles. The van der Waals surface area contributed by atoms with E-state index < -0.39 is 0 Å². The fourth-order valence-electron chi connectivity index (χ4n) is 1.68. The van der Waals surface area contributed by atoms with Crippen molar-refractivity contribution < 1.29 is 4.74 Å². The van der Waals surface area contributed by atoms with E-state index in [4.69, 9.17) is 4.74 Å². The van der Waals surface area contributed by atoms with Crippen LogP contribution in [0.2, 0.25) is 0 Å². The van der Waals surface area contributed by atoms with Gasteiger partial charge in [0.1, 0.15) is 0 Å². The van der Waals surface area contributed by atoms with Crippen molar-refractivity contribution in [2.24, 2.45) is 0 Å². The van der Waals surface area contributed by atoms with Gasteiger partial charge in [-0.25, -0.2) is 0 Å². The van der Waals surface area contributed by atoms with Crippen LogP contribution in [0.25, 0.3) is 0 Å². The lowest BCUT2D eigenvalue weighted by Gasteiger charge is -2.33. The molecule has 16 heavy (non-hydrogen) atoms. The van der Waals surface area contributed by atoms with Crippen molar-refractivity contribution in [3.8, 4) is 0 Å². The Morgan fingerprint density at radius 1 is 1.06 bits per heavy atom. The van der Waals surface area contributed by atoms with E-state index in [9.17, 15) is 0 Å². The van der Waals surface area contributed by atoms with Gasteiger partial charge >= 0.3 is 0 Å². The molecule has 1 saturated heterocycles. The first-order valence-electron chi connectivity index (χ1n) is 6.51. The standard InChI is InChI=1S/C10H23N3O.C2H6/c1-3-12-5-7-13(8-6-12)10-11-4-9-14-2;1-2/h11H,3-10H2,1-2H3;1-2H3. The molecule has 1 fully saturated rings. The average molecular weight is 231 g/mol. The molecule has 0 aromatic carbocycles. The zero-order chi connectivity index (χ0) is 12.2. The summed E-state index contributed by atoms with van der Waals surface area (Å²) in [7, 11) is 1.74. The number of hydrogen-bond donors (Lipinski definition) is 1. The number of likely N-dealkylation sites (N-methyl/N-ethyl adjacent to an activating group) is 1. The van der Waals surface area contributed by atoms with Gasteiger partial charge in [0.15, 0.2) is 0 Å². The summed E-state index contributed by atoms with van der Waals surface area (Å²) in [5, 5.41) is 3.37. The number of methoxy groups -OCH3 is 1. The molecule has 1 aliphatic rings. The Balaban J connectivity index is 0.00000106. The van der Waals surface area contributed by atoms with Crippen LogP contribution in [0.3, 0.4) is 0 Å². The van der Waals surface area contributed by atoms with Gasteiger partial charge in [0.2, 0.25) is 0 Å². The molecule has 0 amide bonds. The Morgan fingerprint density at radius 2 is 1.62 bits per heavy atom. The molecule has 4 nitrogen and oxygen atoms in total. The third-order valence-electron chi connectivity index (χ3n) is 2.73. The number of nitrogens with one attached hydrogen (secondary N) is 1. The second-order valence-electron chi connectivity index (χ2n) is 3.70. The summed E-state index contributed by atoms with van der Waals surface area (Å²) < 4.78 is 4.98. The Morgan fingerprint density at radius 3 is 2.12 bits per heavy atom. The quantitative estimate of drug-likeness (QED) is 0.686. The van der Waals surface area contributed by atoms with Crippen molar-refractivity contribution in [3.63, 3.8) is 0 Å². The lowest BCUT2D eigenvalue weighted by Crippen LogP contribution is -2.49. The highest BCUT2D eigenvalue weighted by atomic mass is 16.5. The molecule has 0 aliphatic carbocycles. The van der Waals surface area contributed by atoms with Gasteiger partial charge < -0.3 is 15.0 Å². The summed E-state index contributed by atoms with van der Waals surface area (Å²) in [6.45, 7) is 15.0. The van der Waals surface area contributed by atoms with Crippen LogP contribution >= 0.6 is 0 Å². The predicted octanol–water partition coefficient (Wildman–Crippen LogP) is 0.844. The van der Waals surface area contributed by atoms with Crippen molar-refractivity contribution in [2.75, 3.05) is 59.7 Å². The summed E-state index contributed by atoms with van der Waals surface area (Å²) >= 11 is 0. The minimum absolute atomic E-state index is 0.801. The van der Waals surface area contributed by atoms with Crippen LogP contribution in [-0.2, 0) is 4.74 Å². The summed E-state index contributed by atoms with van der Waals surface area (Å²) in [4.78, 5) is 4.95. The molecule has 0 radical (unpaired) electrons. The zero-order valence-electron chi connectivity index (χ0n) is 11.5. The minimum atomic E-state index is 0.801. The summed E-state index contributed by atoms with van der Waals surface area (Å²) in [5.41, 5.74) is 0. The zero-order valence-corrected chi connectivity index (χ0v) is 11.5. The maximum Gasteiger partial charge on any atom is 0.0587 e. The highest BCUT2D eigenvalue weighted by molar-refractivity contribution is 4.69. The first-order chi connectivity index (χ1) is 7.86. The molecule has 1 rings (SSSR count). The van der Waals surface area contributed by atoms with Gasteiger partial charge in [0, 0.05) is 46.5 Å². The molecule has 0 unspecified atom stereocenters. The van der Waals surface area contributed by atoms with Crippen LogP contribution < -0.4 is 5.32 Å². The first-order valence-corrected chi connectivity index (χ1v) is 6.51. The van der Waals surface area contributed by atoms with Crippen LogP contribution in [0, 0.1) is 0 Å². The molecule has 1 aliphatic heterocycles. The van der Waals surface area contributed by atoms with Crippen LogP contribution in [-0.4, -0.2) is 69.5 Å². The number of nitrogens with zero attached hydrogens (tertiary/aromatic N) is 2. The number of rotatable bonds is 6. The van der Waals surface area contributed by atoms with Crippen molar-refractivity contribution in [1.29, 1.82) is 0 Å². The molecule has 0 saturated carbocycles. The van der Waals surface area contributed by atoms with E-state index in [0.29, 0.717) is 0 Å². The van der Waals surface area contributed by atoms with Gasteiger partial charge in [-0.05, 0) is 6.54 Å². The van der Waals surface area contributed by atoms with E-state index in [-0.39, 0.29) is 0 Å². The lowest BCUT2D eigenvalue weighted by atomic mass is 10.3. The highest BCUT2D eigenvalue weighted by Gasteiger charge is 2.14. The molecule has 98 valence electrons. The number of piperazine rings is 1. The molecule has 0 bridgehead atoms. The Bertz CT molecular complexity index is 136. The van der Waals surface area contributed by atoms with E-state index in [2.05, 4.69) is 22.0 Å². The summed E-state index contributed by atoms with van der Waals surface area (Å²) in [6, 6.07) is 0. The van der Waals surface area contributed by atoms with Gasteiger partial charge in [-0.2, -0.15) is 0 Å². The lowest BCUT2D eigenvalue weighted by molar-refractivity contribution is 0.124. The third kappa shape index (κ3) is 7.17. The molecule has 0 spiro atoms. The van der Waals surface area contributed by atoms with Gasteiger partial charge in [-0.3, -0.25) is 4.90 Å². The topological polar surface area (TPSA) is 27.7 Å². The highest BCUT2D eigenvalue weighted by Crippen LogP contribution is 1.98. The normalized spacial score (nSPS) is 18.0.